The average molecular weight is 457 g/mol. The first-order valence-electron chi connectivity index (χ1n) is 10.9. The fourth-order valence-electron chi connectivity index (χ4n) is 3.63. The number of rotatable bonds is 7. The molecule has 34 heavy (non-hydrogen) atoms. The Hall–Kier alpha value is -4.25. The summed E-state index contributed by atoms with van der Waals surface area (Å²) in [6.45, 7) is 4.59. The normalized spacial score (nSPS) is 14.1. The number of imidazole rings is 1. The molecule has 0 amide bonds. The molecule has 0 aliphatic carbocycles. The molecule has 1 fully saturated rings. The van der Waals surface area contributed by atoms with Crippen molar-refractivity contribution in [3.63, 3.8) is 0 Å². The molecule has 1 N–H and O–H groups in total. The fourth-order valence-corrected chi connectivity index (χ4v) is 3.63. The minimum Gasteiger partial charge on any atom is -0.378 e. The Balaban J connectivity index is 1.48. The summed E-state index contributed by atoms with van der Waals surface area (Å²) in [5, 5.41) is 4.36. The number of hydrogen-bond donors (Lipinski definition) is 1. The van der Waals surface area contributed by atoms with Crippen molar-refractivity contribution in [3.8, 4) is 0 Å². The van der Waals surface area contributed by atoms with E-state index in [-0.39, 0.29) is 18.0 Å². The Morgan fingerprint density at radius 2 is 2.09 bits per heavy atom. The Kier molecular flexibility index (Phi) is 6.17. The molecule has 4 aromatic rings. The van der Waals surface area contributed by atoms with Gasteiger partial charge in [-0.3, -0.25) is 15.2 Å². The number of ether oxygens (including phenoxy) is 1. The van der Waals surface area contributed by atoms with Crippen LogP contribution in [0.4, 0.5) is 11.8 Å². The summed E-state index contributed by atoms with van der Waals surface area (Å²) < 4.78 is 7.15. The van der Waals surface area contributed by atoms with Gasteiger partial charge in [-0.1, -0.05) is 29.8 Å². The van der Waals surface area contributed by atoms with Crippen LogP contribution in [-0.4, -0.2) is 67.8 Å². The second-order valence-corrected chi connectivity index (χ2v) is 7.81. The van der Waals surface area contributed by atoms with E-state index in [2.05, 4.69) is 30.5 Å². The van der Waals surface area contributed by atoms with E-state index in [1.54, 1.807) is 17.1 Å². The molecule has 11 nitrogen and oxygen atoms in total. The number of benzene rings is 1. The van der Waals surface area contributed by atoms with E-state index in [0.29, 0.717) is 49.2 Å². The quantitative estimate of drug-likeness (QED) is 0.252. The lowest BCUT2D eigenvalue weighted by Crippen LogP contribution is -2.37. The molecule has 3 aromatic heterocycles. The van der Waals surface area contributed by atoms with Gasteiger partial charge in [-0.05, 0) is 12.5 Å². The van der Waals surface area contributed by atoms with Crippen molar-refractivity contribution in [2.75, 3.05) is 36.6 Å². The number of anilines is 2. The highest BCUT2D eigenvalue weighted by Gasteiger charge is 2.20. The Labute approximate surface area is 195 Å². The highest BCUT2D eigenvalue weighted by Crippen LogP contribution is 2.23. The molecule has 11 heteroatoms. The summed E-state index contributed by atoms with van der Waals surface area (Å²) in [4.78, 5) is 36.7. The zero-order valence-electron chi connectivity index (χ0n) is 18.6. The zero-order chi connectivity index (χ0) is 23.3. The van der Waals surface area contributed by atoms with Gasteiger partial charge < -0.3 is 14.2 Å². The number of hydrazone groups is 1. The maximum Gasteiger partial charge on any atom is 0.229 e. The highest BCUT2D eigenvalue weighted by molar-refractivity contribution is 5.95. The number of hydrogen-bond acceptors (Lipinski definition) is 10. The standard InChI is InChI=1S/C23H23N9O2/c1-16-3-2-4-17(11-16)12-27-30-21-20-22(29-23(28-21)31-7-9-34-10-8-31)32(15-26-20)14-19(33)18-13-24-5-6-25-18/h2-6,11-13,15H,7-10,14H2,1H3,(H,28,29,30). The number of aryl methyl sites for hydroxylation is 1. The molecule has 0 unspecified atom stereocenters. The molecule has 1 saturated heterocycles. The van der Waals surface area contributed by atoms with Crippen LogP contribution in [0.3, 0.4) is 0 Å². The number of carbonyl (C=O) groups is 1. The van der Waals surface area contributed by atoms with Crippen LogP contribution in [0.5, 0.6) is 0 Å². The molecular weight excluding hydrogens is 434 g/mol. The molecule has 0 atom stereocenters. The van der Waals surface area contributed by atoms with Crippen molar-refractivity contribution in [2.24, 2.45) is 5.10 Å². The summed E-state index contributed by atoms with van der Waals surface area (Å²) in [6.07, 6.45) is 7.77. The van der Waals surface area contributed by atoms with E-state index in [1.807, 2.05) is 36.1 Å². The summed E-state index contributed by atoms with van der Waals surface area (Å²) in [7, 11) is 0. The van der Waals surface area contributed by atoms with Gasteiger partial charge in [0.05, 0.1) is 38.5 Å². The molecule has 172 valence electrons. The van der Waals surface area contributed by atoms with Crippen LogP contribution in [0, 0.1) is 6.92 Å². The number of aromatic nitrogens is 6. The van der Waals surface area contributed by atoms with Gasteiger partial charge in [-0.2, -0.15) is 15.1 Å². The molecule has 5 rings (SSSR count). The minimum absolute atomic E-state index is 0.0285. The van der Waals surface area contributed by atoms with E-state index in [0.717, 1.165) is 11.1 Å². The lowest BCUT2D eigenvalue weighted by molar-refractivity contribution is 0.0968. The predicted octanol–water partition coefficient (Wildman–Crippen LogP) is 2.09. The third-order valence-electron chi connectivity index (χ3n) is 5.34. The Bertz CT molecular complexity index is 1330. The molecule has 1 aliphatic heterocycles. The van der Waals surface area contributed by atoms with Crippen molar-refractivity contribution >= 4 is 34.9 Å². The number of nitrogens with zero attached hydrogens (tertiary/aromatic N) is 8. The Morgan fingerprint density at radius 3 is 2.88 bits per heavy atom. The second-order valence-electron chi connectivity index (χ2n) is 7.81. The van der Waals surface area contributed by atoms with Crippen LogP contribution in [0.2, 0.25) is 0 Å². The number of morpholine rings is 1. The van der Waals surface area contributed by atoms with Crippen molar-refractivity contribution < 1.29 is 9.53 Å². The molecule has 1 aliphatic rings. The van der Waals surface area contributed by atoms with Gasteiger partial charge in [0.2, 0.25) is 11.7 Å². The summed E-state index contributed by atoms with van der Waals surface area (Å²) in [6, 6.07) is 8.01. The van der Waals surface area contributed by atoms with Crippen molar-refractivity contribution in [2.45, 2.75) is 13.5 Å². The summed E-state index contributed by atoms with van der Waals surface area (Å²) in [5.74, 6) is 0.796. The number of nitrogens with one attached hydrogen (secondary N) is 1. The van der Waals surface area contributed by atoms with Crippen LogP contribution in [-0.2, 0) is 11.3 Å². The maximum absolute atomic E-state index is 12.7. The van der Waals surface area contributed by atoms with Gasteiger partial charge in [0.1, 0.15) is 5.69 Å². The van der Waals surface area contributed by atoms with Gasteiger partial charge in [-0.15, -0.1) is 0 Å². The number of fused-ring (bicyclic) bond motifs is 1. The smallest absolute Gasteiger partial charge is 0.229 e. The van der Waals surface area contributed by atoms with E-state index >= 15 is 0 Å². The van der Waals surface area contributed by atoms with E-state index in [9.17, 15) is 4.79 Å². The van der Waals surface area contributed by atoms with Gasteiger partial charge in [0, 0.05) is 25.5 Å². The lowest BCUT2D eigenvalue weighted by atomic mass is 10.2. The highest BCUT2D eigenvalue weighted by atomic mass is 16.5. The zero-order valence-corrected chi connectivity index (χ0v) is 18.6. The second kappa shape index (κ2) is 9.71. The third kappa shape index (κ3) is 4.74. The number of ketones is 1. The number of Topliss-reactive ketones (excluding diaryl/α,β-unsaturated/α-hetero) is 1. The lowest BCUT2D eigenvalue weighted by Gasteiger charge is -2.27. The van der Waals surface area contributed by atoms with Crippen LogP contribution < -0.4 is 10.3 Å². The van der Waals surface area contributed by atoms with Crippen LogP contribution in [0.25, 0.3) is 11.2 Å². The van der Waals surface area contributed by atoms with E-state index < -0.39 is 0 Å². The topological polar surface area (TPSA) is 123 Å². The van der Waals surface area contributed by atoms with Gasteiger partial charge in [0.15, 0.2) is 17.0 Å². The van der Waals surface area contributed by atoms with Gasteiger partial charge in [0.25, 0.3) is 0 Å². The van der Waals surface area contributed by atoms with Crippen LogP contribution in [0.15, 0.2) is 54.3 Å². The first-order chi connectivity index (χ1) is 16.7. The molecule has 0 saturated carbocycles. The molecule has 0 spiro atoms. The largest absolute Gasteiger partial charge is 0.378 e. The van der Waals surface area contributed by atoms with E-state index in [1.165, 1.54) is 18.6 Å². The van der Waals surface area contributed by atoms with Crippen molar-refractivity contribution in [3.05, 3.63) is 66.0 Å². The predicted molar refractivity (Wildman–Crippen MR) is 127 cm³/mol. The third-order valence-corrected chi connectivity index (χ3v) is 5.34. The molecular formula is C23H23N9O2. The summed E-state index contributed by atoms with van der Waals surface area (Å²) >= 11 is 0. The first-order valence-corrected chi connectivity index (χ1v) is 10.9. The summed E-state index contributed by atoms with van der Waals surface area (Å²) in [5.41, 5.74) is 6.46. The fraction of sp³-hybridized carbons (Fsp3) is 0.261. The average Bonchev–Trinajstić information content (AvgIpc) is 3.28. The molecule has 0 bridgehead atoms. The van der Waals surface area contributed by atoms with Crippen molar-refractivity contribution in [1.29, 1.82) is 0 Å². The molecule has 4 heterocycles. The molecule has 0 radical (unpaired) electrons. The minimum atomic E-state index is -0.189. The monoisotopic (exact) mass is 457 g/mol. The van der Waals surface area contributed by atoms with E-state index in [4.69, 9.17) is 9.72 Å². The maximum atomic E-state index is 12.7. The van der Waals surface area contributed by atoms with Gasteiger partial charge >= 0.3 is 0 Å². The SMILES string of the molecule is Cc1cccc(C=NNc2nc(N3CCOCC3)nc3c2ncn3CC(=O)c2cnccn2)c1. The number of carbonyl (C=O) groups excluding carboxylic acids is 1. The van der Waals surface area contributed by atoms with Crippen molar-refractivity contribution in [1.82, 2.24) is 29.5 Å². The van der Waals surface area contributed by atoms with Crippen LogP contribution in [0.1, 0.15) is 21.6 Å². The first kappa shape index (κ1) is 21.6. The Morgan fingerprint density at radius 1 is 1.21 bits per heavy atom. The van der Waals surface area contributed by atoms with Gasteiger partial charge in [-0.25, -0.2) is 9.97 Å². The molecule has 1 aromatic carbocycles. The van der Waals surface area contributed by atoms with Crippen LogP contribution >= 0.6 is 0 Å².